The standard InChI is InChI=1S/C6H4F3IN2O2S/c7-5(8)2-1-12-6(9)4(3(2)10)15(11,13)14/h1,5H,(H2,11,13,14). The van der Waals surface area contributed by atoms with E-state index < -0.39 is 36.4 Å². The fourth-order valence-corrected chi connectivity index (χ4v) is 3.03. The molecule has 0 saturated carbocycles. The predicted octanol–water partition coefficient (Wildman–Crippen LogP) is 1.41. The van der Waals surface area contributed by atoms with E-state index in [1.54, 1.807) is 0 Å². The van der Waals surface area contributed by atoms with E-state index in [2.05, 4.69) is 10.1 Å². The van der Waals surface area contributed by atoms with Gasteiger partial charge < -0.3 is 0 Å². The molecule has 0 aliphatic carbocycles. The highest BCUT2D eigenvalue weighted by molar-refractivity contribution is 14.1. The molecule has 2 N–H and O–H groups in total. The number of sulfonamides is 1. The van der Waals surface area contributed by atoms with Gasteiger partial charge >= 0.3 is 0 Å². The Bertz CT molecular complexity index is 491. The van der Waals surface area contributed by atoms with Crippen molar-refractivity contribution in [1.29, 1.82) is 0 Å². The minimum atomic E-state index is -4.40. The van der Waals surface area contributed by atoms with Gasteiger partial charge in [0, 0.05) is 9.77 Å². The van der Waals surface area contributed by atoms with Crippen LogP contribution in [0.2, 0.25) is 0 Å². The summed E-state index contributed by atoms with van der Waals surface area (Å²) < 4.78 is 59.0. The molecule has 0 amide bonds. The van der Waals surface area contributed by atoms with E-state index in [0.717, 1.165) is 0 Å². The normalized spacial score (nSPS) is 12.1. The molecule has 0 spiro atoms. The zero-order valence-electron chi connectivity index (χ0n) is 6.92. The highest BCUT2D eigenvalue weighted by Crippen LogP contribution is 2.29. The number of aromatic nitrogens is 1. The van der Waals surface area contributed by atoms with Crippen LogP contribution in [-0.4, -0.2) is 13.4 Å². The van der Waals surface area contributed by atoms with E-state index in [1.165, 1.54) is 22.6 Å². The third-order valence-electron chi connectivity index (χ3n) is 1.48. The summed E-state index contributed by atoms with van der Waals surface area (Å²) in [6.45, 7) is 0. The molecule has 1 aromatic heterocycles. The summed E-state index contributed by atoms with van der Waals surface area (Å²) in [5, 5.41) is 4.67. The van der Waals surface area contributed by atoms with Gasteiger partial charge in [0.15, 0.2) is 4.90 Å². The smallest absolute Gasteiger partial charge is 0.227 e. The third-order valence-corrected chi connectivity index (χ3v) is 3.95. The first kappa shape index (κ1) is 12.6. The second kappa shape index (κ2) is 4.22. The van der Waals surface area contributed by atoms with Crippen LogP contribution in [0.15, 0.2) is 11.1 Å². The van der Waals surface area contributed by atoms with Gasteiger partial charge in [-0.1, -0.05) is 0 Å². The Hall–Kier alpha value is -0.420. The molecule has 15 heavy (non-hydrogen) atoms. The van der Waals surface area contributed by atoms with Crippen molar-refractivity contribution in [3.8, 4) is 0 Å². The van der Waals surface area contributed by atoms with E-state index in [4.69, 9.17) is 0 Å². The van der Waals surface area contributed by atoms with Crippen molar-refractivity contribution < 1.29 is 21.6 Å². The number of primary sulfonamides is 1. The number of alkyl halides is 2. The highest BCUT2D eigenvalue weighted by atomic mass is 127. The summed E-state index contributed by atoms with van der Waals surface area (Å²) >= 11 is 1.29. The van der Waals surface area contributed by atoms with Crippen molar-refractivity contribution in [2.45, 2.75) is 11.3 Å². The van der Waals surface area contributed by atoms with Crippen molar-refractivity contribution in [3.63, 3.8) is 0 Å². The molecule has 0 saturated heterocycles. The lowest BCUT2D eigenvalue weighted by molar-refractivity contribution is 0.149. The van der Waals surface area contributed by atoms with Crippen molar-refractivity contribution >= 4 is 32.6 Å². The molecule has 0 aliphatic heterocycles. The van der Waals surface area contributed by atoms with E-state index >= 15 is 0 Å². The maximum Gasteiger partial charge on any atom is 0.266 e. The lowest BCUT2D eigenvalue weighted by atomic mass is 10.3. The highest BCUT2D eigenvalue weighted by Gasteiger charge is 2.25. The molecule has 84 valence electrons. The Morgan fingerprint density at radius 2 is 2.00 bits per heavy atom. The molecular weight excluding hydrogens is 348 g/mol. The van der Waals surface area contributed by atoms with Gasteiger partial charge in [0.1, 0.15) is 0 Å². The molecule has 4 nitrogen and oxygen atoms in total. The second-order valence-corrected chi connectivity index (χ2v) is 5.07. The summed E-state index contributed by atoms with van der Waals surface area (Å²) in [6, 6.07) is 0. The summed E-state index contributed by atoms with van der Waals surface area (Å²) in [6.07, 6.45) is -2.36. The van der Waals surface area contributed by atoms with E-state index in [0.29, 0.717) is 6.20 Å². The molecule has 1 rings (SSSR count). The second-order valence-electron chi connectivity index (χ2n) is 2.49. The first-order valence-corrected chi connectivity index (χ1v) is 6.02. The molecule has 0 fully saturated rings. The molecule has 0 radical (unpaired) electrons. The SMILES string of the molecule is NS(=O)(=O)c1c(F)ncc(C(F)F)c1I. The molecule has 0 aromatic carbocycles. The fourth-order valence-electron chi connectivity index (χ4n) is 0.858. The zero-order chi connectivity index (χ0) is 11.8. The Balaban J connectivity index is 3.59. The van der Waals surface area contributed by atoms with Gasteiger partial charge in [-0.25, -0.2) is 27.3 Å². The Kier molecular flexibility index (Phi) is 3.55. The van der Waals surface area contributed by atoms with Crippen LogP contribution < -0.4 is 5.14 Å². The van der Waals surface area contributed by atoms with Gasteiger partial charge in [-0.3, -0.25) is 0 Å². The third kappa shape index (κ3) is 2.58. The number of nitrogens with zero attached hydrogens (tertiary/aromatic N) is 1. The van der Waals surface area contributed by atoms with Gasteiger partial charge in [-0.15, -0.1) is 0 Å². The number of pyridine rings is 1. The summed E-state index contributed by atoms with van der Waals surface area (Å²) in [5.74, 6) is -1.38. The largest absolute Gasteiger partial charge is 0.266 e. The van der Waals surface area contributed by atoms with Crippen LogP contribution in [0.5, 0.6) is 0 Å². The number of nitrogens with two attached hydrogens (primary N) is 1. The predicted molar refractivity (Wildman–Crippen MR) is 53.2 cm³/mol. The summed E-state index contributed by atoms with van der Waals surface area (Å²) in [5.41, 5.74) is -0.666. The fraction of sp³-hybridized carbons (Fsp3) is 0.167. The zero-order valence-corrected chi connectivity index (χ0v) is 9.89. The van der Waals surface area contributed by atoms with E-state index in [-0.39, 0.29) is 0 Å². The first-order valence-electron chi connectivity index (χ1n) is 3.40. The van der Waals surface area contributed by atoms with Crippen LogP contribution in [0.1, 0.15) is 12.0 Å². The number of hydrogen-bond acceptors (Lipinski definition) is 3. The molecule has 1 aromatic rings. The van der Waals surface area contributed by atoms with Crippen LogP contribution in [0.3, 0.4) is 0 Å². The molecule has 0 bridgehead atoms. The summed E-state index contributed by atoms with van der Waals surface area (Å²) in [7, 11) is -4.40. The van der Waals surface area contributed by atoms with Crippen molar-refractivity contribution in [2.75, 3.05) is 0 Å². The average Bonchev–Trinajstić information content (AvgIpc) is 2.00. The minimum absolute atomic E-state index is 0.447. The quantitative estimate of drug-likeness (QED) is 0.646. The van der Waals surface area contributed by atoms with Crippen molar-refractivity contribution in [1.82, 2.24) is 4.98 Å². The number of hydrogen-bond donors (Lipinski definition) is 1. The van der Waals surface area contributed by atoms with Gasteiger partial charge in [-0.2, -0.15) is 4.39 Å². The number of halogens is 4. The minimum Gasteiger partial charge on any atom is -0.227 e. The summed E-state index contributed by atoms with van der Waals surface area (Å²) in [4.78, 5) is 1.92. The molecule has 0 aliphatic rings. The maximum atomic E-state index is 13.0. The lowest BCUT2D eigenvalue weighted by Gasteiger charge is -2.07. The van der Waals surface area contributed by atoms with Crippen LogP contribution >= 0.6 is 22.6 Å². The maximum absolute atomic E-state index is 13.0. The molecular formula is C6H4F3IN2O2S. The van der Waals surface area contributed by atoms with Crippen LogP contribution in [0.25, 0.3) is 0 Å². The first-order chi connectivity index (χ1) is 6.75. The monoisotopic (exact) mass is 352 g/mol. The molecule has 9 heteroatoms. The van der Waals surface area contributed by atoms with E-state index in [1.807, 2.05) is 0 Å². The average molecular weight is 352 g/mol. The topological polar surface area (TPSA) is 73.1 Å². The van der Waals surface area contributed by atoms with Crippen molar-refractivity contribution in [2.24, 2.45) is 5.14 Å². The lowest BCUT2D eigenvalue weighted by Crippen LogP contribution is -2.17. The Morgan fingerprint density at radius 1 is 1.47 bits per heavy atom. The van der Waals surface area contributed by atoms with Gasteiger partial charge in [0.05, 0.1) is 5.56 Å². The Morgan fingerprint density at radius 3 is 2.40 bits per heavy atom. The molecule has 0 atom stereocenters. The van der Waals surface area contributed by atoms with Gasteiger partial charge in [0.25, 0.3) is 6.43 Å². The molecule has 1 heterocycles. The van der Waals surface area contributed by atoms with Crippen molar-refractivity contribution in [3.05, 3.63) is 21.3 Å². The van der Waals surface area contributed by atoms with Crippen LogP contribution in [0, 0.1) is 9.52 Å². The van der Waals surface area contributed by atoms with Gasteiger partial charge in [-0.05, 0) is 22.6 Å². The van der Waals surface area contributed by atoms with Gasteiger partial charge in [0.2, 0.25) is 16.0 Å². The Labute approximate surface area is 96.9 Å². The van der Waals surface area contributed by atoms with Crippen LogP contribution in [0.4, 0.5) is 13.2 Å². The molecule has 0 unspecified atom stereocenters. The number of rotatable bonds is 2. The van der Waals surface area contributed by atoms with Crippen LogP contribution in [-0.2, 0) is 10.0 Å². The van der Waals surface area contributed by atoms with E-state index in [9.17, 15) is 21.6 Å².